The van der Waals surface area contributed by atoms with Crippen molar-refractivity contribution in [3.8, 4) is 17.4 Å². The fraction of sp³-hybridized carbons (Fsp3) is 0.222. The molecule has 0 saturated carbocycles. The Morgan fingerprint density at radius 3 is 2.69 bits per heavy atom. The first kappa shape index (κ1) is 20.9. The van der Waals surface area contributed by atoms with E-state index in [1.807, 2.05) is 0 Å². The van der Waals surface area contributed by atoms with Gasteiger partial charge in [-0.1, -0.05) is 11.6 Å². The van der Waals surface area contributed by atoms with Crippen molar-refractivity contribution in [2.75, 3.05) is 6.61 Å². The predicted molar refractivity (Wildman–Crippen MR) is 102 cm³/mol. The molecule has 29 heavy (non-hydrogen) atoms. The normalized spacial score (nSPS) is 11.7. The fourth-order valence-electron chi connectivity index (χ4n) is 2.07. The minimum absolute atomic E-state index is 0.0649. The van der Waals surface area contributed by atoms with Crippen molar-refractivity contribution in [3.63, 3.8) is 0 Å². The van der Waals surface area contributed by atoms with Gasteiger partial charge in [-0.15, -0.1) is 10.2 Å². The number of thioether (sulfide) groups is 1. The second-order valence-corrected chi connectivity index (χ2v) is 6.79. The van der Waals surface area contributed by atoms with Gasteiger partial charge >= 0.3 is 5.30 Å². The molecule has 0 radical (unpaired) electrons. The zero-order valence-corrected chi connectivity index (χ0v) is 16.9. The number of pyridine rings is 1. The molecule has 0 bridgehead atoms. The molecule has 0 fully saturated rings. The number of halogens is 2. The van der Waals surface area contributed by atoms with Gasteiger partial charge in [-0.05, 0) is 44.2 Å². The van der Waals surface area contributed by atoms with E-state index >= 15 is 0 Å². The average molecular weight is 440 g/mol. The van der Waals surface area contributed by atoms with Gasteiger partial charge in [0.1, 0.15) is 11.5 Å². The third-order valence-corrected chi connectivity index (χ3v) is 4.16. The molecule has 3 rings (SSSR count). The summed E-state index contributed by atoms with van der Waals surface area (Å²) in [5.74, 6) is 0.203. The van der Waals surface area contributed by atoms with Crippen LogP contribution in [-0.4, -0.2) is 27.1 Å². The van der Waals surface area contributed by atoms with Crippen molar-refractivity contribution in [3.05, 3.63) is 53.3 Å². The Kier molecular flexibility index (Phi) is 6.89. The van der Waals surface area contributed by atoms with E-state index in [2.05, 4.69) is 15.2 Å². The highest BCUT2D eigenvalue weighted by Crippen LogP contribution is 2.28. The molecule has 0 saturated heterocycles. The lowest BCUT2D eigenvalue weighted by atomic mass is 10.3. The largest absolute Gasteiger partial charge is 0.481 e. The molecule has 3 aromatic rings. The van der Waals surface area contributed by atoms with Gasteiger partial charge < -0.3 is 18.6 Å². The Labute approximate surface area is 174 Å². The van der Waals surface area contributed by atoms with Crippen molar-refractivity contribution in [2.45, 2.75) is 25.2 Å². The molecule has 152 valence electrons. The van der Waals surface area contributed by atoms with Crippen LogP contribution in [0.4, 0.5) is 9.18 Å². The highest BCUT2D eigenvalue weighted by Gasteiger charge is 2.18. The van der Waals surface area contributed by atoms with Crippen LogP contribution < -0.4 is 9.47 Å². The molecule has 0 aliphatic heterocycles. The molecule has 0 aliphatic carbocycles. The Hall–Kier alpha value is -2.85. The van der Waals surface area contributed by atoms with Crippen molar-refractivity contribution in [2.24, 2.45) is 0 Å². The lowest BCUT2D eigenvalue weighted by Crippen LogP contribution is -2.03. The van der Waals surface area contributed by atoms with Gasteiger partial charge in [0, 0.05) is 6.20 Å². The van der Waals surface area contributed by atoms with Crippen molar-refractivity contribution >= 4 is 28.7 Å². The average Bonchev–Trinajstić information content (AvgIpc) is 3.14. The summed E-state index contributed by atoms with van der Waals surface area (Å²) < 4.78 is 35.0. The van der Waals surface area contributed by atoms with E-state index in [9.17, 15) is 9.18 Å². The highest BCUT2D eigenvalue weighted by molar-refractivity contribution is 8.13. The number of benzene rings is 1. The second kappa shape index (κ2) is 9.57. The first-order valence-electron chi connectivity index (χ1n) is 8.38. The third-order valence-electron chi connectivity index (χ3n) is 3.33. The van der Waals surface area contributed by atoms with Crippen molar-refractivity contribution in [1.29, 1.82) is 0 Å². The van der Waals surface area contributed by atoms with E-state index in [1.165, 1.54) is 6.20 Å². The van der Waals surface area contributed by atoms with E-state index in [-0.39, 0.29) is 28.6 Å². The maximum absolute atomic E-state index is 13.7. The number of nitrogens with zero attached hydrogens (tertiary/aromatic N) is 3. The zero-order chi connectivity index (χ0) is 20.8. The van der Waals surface area contributed by atoms with Crippen molar-refractivity contribution in [1.82, 2.24) is 15.2 Å². The molecule has 0 spiro atoms. The van der Waals surface area contributed by atoms with E-state index in [1.54, 1.807) is 38.1 Å². The number of rotatable bonds is 7. The number of carbonyl (C=O) groups excluding carboxylic acids is 1. The Morgan fingerprint density at radius 1 is 1.28 bits per heavy atom. The first-order chi connectivity index (χ1) is 13.9. The summed E-state index contributed by atoms with van der Waals surface area (Å²) in [5.41, 5.74) is 0. The van der Waals surface area contributed by atoms with E-state index in [0.29, 0.717) is 23.3 Å². The Morgan fingerprint density at radius 2 is 2.00 bits per heavy atom. The minimum atomic E-state index is -0.667. The minimum Gasteiger partial charge on any atom is -0.481 e. The van der Waals surface area contributed by atoms with Gasteiger partial charge in [0.15, 0.2) is 11.9 Å². The maximum atomic E-state index is 13.7. The number of aromatic nitrogens is 3. The van der Waals surface area contributed by atoms with Crippen LogP contribution in [0.3, 0.4) is 0 Å². The number of ether oxygens (including phenoxy) is 3. The summed E-state index contributed by atoms with van der Waals surface area (Å²) in [6.45, 7) is 3.67. The quantitative estimate of drug-likeness (QED) is 0.352. The van der Waals surface area contributed by atoms with Crippen LogP contribution in [0, 0.1) is 5.82 Å². The molecule has 1 aromatic carbocycles. The molecule has 0 amide bonds. The molecular formula is C18H15ClFN3O5S. The Balaban J connectivity index is 1.59. The maximum Gasteiger partial charge on any atom is 0.376 e. The summed E-state index contributed by atoms with van der Waals surface area (Å²) in [6.07, 6.45) is 0.721. The lowest BCUT2D eigenvalue weighted by Gasteiger charge is -2.11. The van der Waals surface area contributed by atoms with Crippen LogP contribution in [0.1, 0.15) is 25.8 Å². The van der Waals surface area contributed by atoms with Gasteiger partial charge in [0.2, 0.25) is 0 Å². The molecular weight excluding hydrogens is 425 g/mol. The lowest BCUT2D eigenvalue weighted by molar-refractivity contribution is 0.177. The Bertz CT molecular complexity index is 986. The molecule has 0 N–H and O–H groups in total. The topological polar surface area (TPSA) is 96.6 Å². The smallest absolute Gasteiger partial charge is 0.376 e. The van der Waals surface area contributed by atoms with Crippen LogP contribution in [0.15, 0.2) is 46.2 Å². The highest BCUT2D eigenvalue weighted by atomic mass is 35.5. The number of hydrogen-bond donors (Lipinski definition) is 0. The molecule has 0 unspecified atom stereocenters. The summed E-state index contributed by atoms with van der Waals surface area (Å²) >= 11 is 6.36. The fourth-order valence-corrected chi connectivity index (χ4v) is 2.75. The van der Waals surface area contributed by atoms with Crippen LogP contribution >= 0.6 is 23.4 Å². The van der Waals surface area contributed by atoms with Crippen LogP contribution in [0.25, 0.3) is 0 Å². The van der Waals surface area contributed by atoms with Gasteiger partial charge in [0.25, 0.3) is 17.0 Å². The summed E-state index contributed by atoms with van der Waals surface area (Å²) in [6, 6.07) is 7.55. The van der Waals surface area contributed by atoms with Crippen LogP contribution in [0.5, 0.6) is 17.4 Å². The van der Waals surface area contributed by atoms with Crippen molar-refractivity contribution < 1.29 is 27.8 Å². The van der Waals surface area contributed by atoms with E-state index < -0.39 is 17.2 Å². The second-order valence-electron chi connectivity index (χ2n) is 5.47. The number of carbonyl (C=O) groups is 1. The third kappa shape index (κ3) is 5.81. The monoisotopic (exact) mass is 439 g/mol. The molecule has 2 heterocycles. The summed E-state index contributed by atoms with van der Waals surface area (Å²) in [5, 5.41) is 7.34. The van der Waals surface area contributed by atoms with Gasteiger partial charge in [-0.25, -0.2) is 14.2 Å². The molecule has 8 nitrogen and oxygen atoms in total. The van der Waals surface area contributed by atoms with E-state index in [4.69, 9.17) is 30.2 Å². The standard InChI is InChI=1S/C18H15ClFN3O5S/c1-3-25-18(24)29-17-23-22-15(28-17)10(2)26-12-4-6-13(7-5-12)27-16-14(20)8-11(19)9-21-16/h4-10H,3H2,1-2H3/t10-/m0/s1. The first-order valence-corrected chi connectivity index (χ1v) is 9.57. The number of hydrogen-bond acceptors (Lipinski definition) is 9. The molecule has 1 atom stereocenters. The van der Waals surface area contributed by atoms with E-state index in [0.717, 1.165) is 6.07 Å². The summed E-state index contributed by atoms with van der Waals surface area (Å²) in [4.78, 5) is 15.2. The van der Waals surface area contributed by atoms with Gasteiger partial charge in [0.05, 0.1) is 23.4 Å². The zero-order valence-electron chi connectivity index (χ0n) is 15.3. The van der Waals surface area contributed by atoms with Crippen LogP contribution in [-0.2, 0) is 4.74 Å². The molecule has 2 aromatic heterocycles. The SMILES string of the molecule is CCOC(=O)Sc1nnc([C@H](C)Oc2ccc(Oc3ncc(Cl)cc3F)cc2)o1. The summed E-state index contributed by atoms with van der Waals surface area (Å²) in [7, 11) is 0. The van der Waals surface area contributed by atoms with Gasteiger partial charge in [-0.3, -0.25) is 0 Å². The predicted octanol–water partition coefficient (Wildman–Crippen LogP) is 5.44. The van der Waals surface area contributed by atoms with Crippen LogP contribution in [0.2, 0.25) is 5.02 Å². The molecule has 11 heteroatoms. The van der Waals surface area contributed by atoms with Gasteiger partial charge in [-0.2, -0.15) is 0 Å². The molecule has 0 aliphatic rings.